The largest absolute Gasteiger partial charge is 0.481 e. The summed E-state index contributed by atoms with van der Waals surface area (Å²) in [5.41, 5.74) is 0. The van der Waals surface area contributed by atoms with Crippen LogP contribution in [0.2, 0.25) is 10.0 Å². The molecule has 1 heterocycles. The van der Waals surface area contributed by atoms with E-state index in [1.54, 1.807) is 25.1 Å². The molecule has 1 aliphatic heterocycles. The third-order valence-electron chi connectivity index (χ3n) is 3.66. The van der Waals surface area contributed by atoms with E-state index in [0.717, 1.165) is 19.4 Å². The van der Waals surface area contributed by atoms with Crippen molar-refractivity contribution in [3.63, 3.8) is 0 Å². The fraction of sp³-hybridized carbons (Fsp3) is 0.533. The number of carbonyl (C=O) groups excluding carboxylic acids is 1. The molecular weight excluding hydrogens is 311 g/mol. The van der Waals surface area contributed by atoms with Crippen molar-refractivity contribution in [3.05, 3.63) is 28.2 Å². The maximum atomic E-state index is 12.2. The second-order valence-corrected chi connectivity index (χ2v) is 6.15. The van der Waals surface area contributed by atoms with Crippen LogP contribution in [0.25, 0.3) is 0 Å². The first-order chi connectivity index (χ1) is 9.97. The van der Waals surface area contributed by atoms with Crippen LogP contribution in [0, 0.1) is 0 Å². The van der Waals surface area contributed by atoms with Crippen molar-refractivity contribution in [2.75, 3.05) is 6.54 Å². The topological polar surface area (TPSA) is 50.4 Å². The zero-order valence-corrected chi connectivity index (χ0v) is 13.7. The number of carbonyl (C=O) groups is 1. The van der Waals surface area contributed by atoms with Crippen LogP contribution in [0.1, 0.15) is 26.7 Å². The Morgan fingerprint density at radius 3 is 2.86 bits per heavy atom. The Bertz CT molecular complexity index is 510. The van der Waals surface area contributed by atoms with Gasteiger partial charge >= 0.3 is 0 Å². The molecule has 0 spiro atoms. The molecule has 2 rings (SSSR count). The van der Waals surface area contributed by atoms with Gasteiger partial charge in [0.15, 0.2) is 6.10 Å². The quantitative estimate of drug-likeness (QED) is 0.892. The van der Waals surface area contributed by atoms with Gasteiger partial charge in [-0.25, -0.2) is 0 Å². The summed E-state index contributed by atoms with van der Waals surface area (Å²) in [6.45, 7) is 4.80. The highest BCUT2D eigenvalue weighted by atomic mass is 35.5. The molecule has 116 valence electrons. The van der Waals surface area contributed by atoms with Gasteiger partial charge in [0.05, 0.1) is 10.0 Å². The zero-order valence-electron chi connectivity index (χ0n) is 12.2. The number of halogens is 2. The number of ether oxygens (including phenoxy) is 1. The van der Waals surface area contributed by atoms with Crippen LogP contribution in [0.3, 0.4) is 0 Å². The normalized spacial score (nSPS) is 23.4. The molecule has 3 atom stereocenters. The summed E-state index contributed by atoms with van der Waals surface area (Å²) in [4.78, 5) is 12.2. The molecule has 21 heavy (non-hydrogen) atoms. The zero-order chi connectivity index (χ0) is 15.4. The lowest BCUT2D eigenvalue weighted by Crippen LogP contribution is -2.54. The summed E-state index contributed by atoms with van der Waals surface area (Å²) >= 11 is 11.8. The van der Waals surface area contributed by atoms with Crippen LogP contribution in [0.5, 0.6) is 5.75 Å². The average Bonchev–Trinajstić information content (AvgIpc) is 2.45. The summed E-state index contributed by atoms with van der Waals surface area (Å²) in [5, 5.41) is 7.25. The van der Waals surface area contributed by atoms with E-state index < -0.39 is 6.10 Å². The van der Waals surface area contributed by atoms with E-state index in [1.165, 1.54) is 0 Å². The lowest BCUT2D eigenvalue weighted by molar-refractivity contribution is -0.128. The fourth-order valence-electron chi connectivity index (χ4n) is 2.35. The van der Waals surface area contributed by atoms with Crippen LogP contribution in [-0.2, 0) is 4.79 Å². The molecule has 1 aliphatic rings. The van der Waals surface area contributed by atoms with Crippen LogP contribution >= 0.6 is 23.2 Å². The standard InChI is InChI=1S/C15H20Cl2N2O2/c1-9-14(4-3-7-18-9)19-15(20)10(2)21-11-5-6-12(16)13(17)8-11/h5-6,8-10,14,18H,3-4,7H2,1-2H3,(H,19,20). The third kappa shape index (κ3) is 4.50. The van der Waals surface area contributed by atoms with Crippen LogP contribution in [-0.4, -0.2) is 30.6 Å². The second-order valence-electron chi connectivity index (χ2n) is 5.34. The molecule has 1 amide bonds. The number of hydrogen-bond donors (Lipinski definition) is 2. The second kappa shape index (κ2) is 7.34. The summed E-state index contributed by atoms with van der Waals surface area (Å²) in [6, 6.07) is 5.38. The number of rotatable bonds is 4. The van der Waals surface area contributed by atoms with Crippen molar-refractivity contribution >= 4 is 29.1 Å². The molecule has 2 N–H and O–H groups in total. The van der Waals surface area contributed by atoms with Gasteiger partial charge in [0.1, 0.15) is 5.75 Å². The molecule has 0 radical (unpaired) electrons. The van der Waals surface area contributed by atoms with Crippen molar-refractivity contribution < 1.29 is 9.53 Å². The minimum atomic E-state index is -0.587. The Morgan fingerprint density at radius 1 is 1.43 bits per heavy atom. The highest BCUT2D eigenvalue weighted by Gasteiger charge is 2.25. The van der Waals surface area contributed by atoms with Crippen molar-refractivity contribution in [1.82, 2.24) is 10.6 Å². The molecule has 1 saturated heterocycles. The predicted molar refractivity (Wildman–Crippen MR) is 85.2 cm³/mol. The molecule has 0 aromatic heterocycles. The molecule has 1 aromatic rings. The molecule has 6 heteroatoms. The SMILES string of the molecule is CC(Oc1ccc(Cl)c(Cl)c1)C(=O)NC1CCCNC1C. The molecule has 1 fully saturated rings. The van der Waals surface area contributed by atoms with Crippen LogP contribution in [0.4, 0.5) is 0 Å². The minimum Gasteiger partial charge on any atom is -0.481 e. The summed E-state index contributed by atoms with van der Waals surface area (Å²) in [7, 11) is 0. The lowest BCUT2D eigenvalue weighted by atomic mass is 10.00. The van der Waals surface area contributed by atoms with E-state index in [2.05, 4.69) is 17.6 Å². The lowest BCUT2D eigenvalue weighted by Gasteiger charge is -2.31. The van der Waals surface area contributed by atoms with E-state index >= 15 is 0 Å². The molecule has 0 bridgehead atoms. The summed E-state index contributed by atoms with van der Waals surface area (Å²) in [6.07, 6.45) is 1.47. The van der Waals surface area contributed by atoms with E-state index in [1.807, 2.05) is 0 Å². The highest BCUT2D eigenvalue weighted by molar-refractivity contribution is 6.42. The van der Waals surface area contributed by atoms with Gasteiger partial charge in [-0.05, 0) is 45.4 Å². The maximum Gasteiger partial charge on any atom is 0.261 e. The highest BCUT2D eigenvalue weighted by Crippen LogP contribution is 2.26. The molecule has 0 aliphatic carbocycles. The number of benzene rings is 1. The molecule has 4 nitrogen and oxygen atoms in total. The molecule has 0 saturated carbocycles. The van der Waals surface area contributed by atoms with Gasteiger partial charge in [-0.3, -0.25) is 4.79 Å². The number of nitrogens with one attached hydrogen (secondary N) is 2. The number of hydrogen-bond acceptors (Lipinski definition) is 3. The first-order valence-electron chi connectivity index (χ1n) is 7.13. The first-order valence-corrected chi connectivity index (χ1v) is 7.88. The maximum absolute atomic E-state index is 12.2. The van der Waals surface area contributed by atoms with Gasteiger partial charge in [0.2, 0.25) is 0 Å². The number of piperidine rings is 1. The first kappa shape index (κ1) is 16.4. The fourth-order valence-corrected chi connectivity index (χ4v) is 2.64. The van der Waals surface area contributed by atoms with Gasteiger partial charge in [0.25, 0.3) is 5.91 Å². The molecule has 3 unspecified atom stereocenters. The summed E-state index contributed by atoms with van der Waals surface area (Å²) < 4.78 is 5.61. The van der Waals surface area contributed by atoms with Gasteiger partial charge in [-0.1, -0.05) is 23.2 Å². The van der Waals surface area contributed by atoms with Crippen LogP contribution < -0.4 is 15.4 Å². The Kier molecular flexibility index (Phi) is 5.73. The minimum absolute atomic E-state index is 0.123. The van der Waals surface area contributed by atoms with Gasteiger partial charge in [-0.2, -0.15) is 0 Å². The van der Waals surface area contributed by atoms with E-state index in [4.69, 9.17) is 27.9 Å². The smallest absolute Gasteiger partial charge is 0.261 e. The average molecular weight is 331 g/mol. The van der Waals surface area contributed by atoms with E-state index in [0.29, 0.717) is 15.8 Å². The Hall–Kier alpha value is -0.970. The molecule has 1 aromatic carbocycles. The Labute approximate surface area is 135 Å². The molecular formula is C15H20Cl2N2O2. The summed E-state index contributed by atoms with van der Waals surface area (Å²) in [5.74, 6) is 0.406. The van der Waals surface area contributed by atoms with Gasteiger partial charge < -0.3 is 15.4 Å². The van der Waals surface area contributed by atoms with Gasteiger partial charge in [-0.15, -0.1) is 0 Å². The van der Waals surface area contributed by atoms with E-state index in [9.17, 15) is 4.79 Å². The third-order valence-corrected chi connectivity index (χ3v) is 4.40. The monoisotopic (exact) mass is 330 g/mol. The van der Waals surface area contributed by atoms with Gasteiger partial charge in [0, 0.05) is 18.2 Å². The Balaban J connectivity index is 1.91. The van der Waals surface area contributed by atoms with E-state index in [-0.39, 0.29) is 18.0 Å². The van der Waals surface area contributed by atoms with Crippen LogP contribution in [0.15, 0.2) is 18.2 Å². The van der Waals surface area contributed by atoms with Crippen molar-refractivity contribution in [1.29, 1.82) is 0 Å². The van der Waals surface area contributed by atoms with Crippen molar-refractivity contribution in [3.8, 4) is 5.75 Å². The Morgan fingerprint density at radius 2 is 2.19 bits per heavy atom. The van der Waals surface area contributed by atoms with Crippen molar-refractivity contribution in [2.45, 2.75) is 44.9 Å². The van der Waals surface area contributed by atoms with Crippen molar-refractivity contribution in [2.24, 2.45) is 0 Å². The predicted octanol–water partition coefficient (Wildman–Crippen LogP) is 3.02. The number of amides is 1.